The van der Waals surface area contributed by atoms with Crippen LogP contribution in [0.4, 0.5) is 0 Å². The topological polar surface area (TPSA) is 88.8 Å². The van der Waals surface area contributed by atoms with Gasteiger partial charge in [-0.3, -0.25) is 5.10 Å². The van der Waals surface area contributed by atoms with E-state index >= 15 is 0 Å². The first-order valence-electron chi connectivity index (χ1n) is 6.38. The average Bonchev–Trinajstić information content (AvgIpc) is 2.96. The number of primary sulfonamides is 1. The summed E-state index contributed by atoms with van der Waals surface area (Å²) in [5, 5.41) is 12.2. The van der Waals surface area contributed by atoms with Crippen LogP contribution in [0.1, 0.15) is 0 Å². The van der Waals surface area contributed by atoms with Crippen molar-refractivity contribution in [3.63, 3.8) is 0 Å². The Labute approximate surface area is 136 Å². The van der Waals surface area contributed by atoms with Gasteiger partial charge in [0.2, 0.25) is 10.0 Å². The number of hydrogen-bond donors (Lipinski definition) is 2. The second-order valence-electron chi connectivity index (χ2n) is 4.71. The lowest BCUT2D eigenvalue weighted by Crippen LogP contribution is -2.13. The van der Waals surface area contributed by atoms with Crippen LogP contribution in [-0.4, -0.2) is 18.6 Å². The number of nitrogens with two attached hydrogens (primary N) is 1. The van der Waals surface area contributed by atoms with Gasteiger partial charge < -0.3 is 0 Å². The predicted octanol–water partition coefficient (Wildman–Crippen LogP) is 3.15. The summed E-state index contributed by atoms with van der Waals surface area (Å²) >= 11 is 3.39. The third kappa shape index (κ3) is 2.83. The lowest BCUT2D eigenvalue weighted by atomic mass is 10.0. The summed E-state index contributed by atoms with van der Waals surface area (Å²) in [5.74, 6) is 0. The molecule has 0 unspecified atom stereocenters. The van der Waals surface area contributed by atoms with Crippen molar-refractivity contribution in [3.05, 3.63) is 59.2 Å². The van der Waals surface area contributed by atoms with E-state index in [1.807, 2.05) is 24.3 Å². The largest absolute Gasteiger partial charge is 0.277 e. The molecule has 1 heterocycles. The molecule has 0 bridgehead atoms. The Morgan fingerprint density at radius 1 is 1.00 bits per heavy atom. The third-order valence-corrected chi connectivity index (χ3v) is 4.76. The second-order valence-corrected chi connectivity index (χ2v) is 7.15. The lowest BCUT2D eigenvalue weighted by molar-refractivity contribution is 0.598. The van der Waals surface area contributed by atoms with Crippen LogP contribution in [0.15, 0.2) is 64.1 Å². The molecule has 3 aromatic rings. The van der Waals surface area contributed by atoms with Crippen LogP contribution in [0.2, 0.25) is 0 Å². The number of rotatable bonds is 3. The molecule has 7 heteroatoms. The molecule has 0 aliphatic heterocycles. The van der Waals surface area contributed by atoms with E-state index in [0.29, 0.717) is 11.3 Å². The van der Waals surface area contributed by atoms with Crippen LogP contribution in [0.25, 0.3) is 22.4 Å². The van der Waals surface area contributed by atoms with E-state index in [1.165, 1.54) is 6.07 Å². The summed E-state index contributed by atoms with van der Waals surface area (Å²) in [7, 11) is -3.82. The molecule has 112 valence electrons. The first-order chi connectivity index (χ1) is 10.5. The van der Waals surface area contributed by atoms with Gasteiger partial charge in [-0.25, -0.2) is 13.6 Å². The molecule has 3 N–H and O–H groups in total. The van der Waals surface area contributed by atoms with Crippen molar-refractivity contribution in [2.24, 2.45) is 5.14 Å². The Hall–Kier alpha value is -1.96. The van der Waals surface area contributed by atoms with Gasteiger partial charge in [-0.05, 0) is 23.8 Å². The average molecular weight is 378 g/mol. The van der Waals surface area contributed by atoms with Crippen molar-refractivity contribution in [2.75, 3.05) is 0 Å². The fourth-order valence-electron chi connectivity index (χ4n) is 2.26. The second kappa shape index (κ2) is 5.68. The smallest absolute Gasteiger partial charge is 0.238 e. The minimum Gasteiger partial charge on any atom is -0.277 e. The molecule has 0 spiro atoms. The van der Waals surface area contributed by atoms with Gasteiger partial charge in [0.25, 0.3) is 0 Å². The monoisotopic (exact) mass is 377 g/mol. The van der Waals surface area contributed by atoms with Crippen molar-refractivity contribution in [1.82, 2.24) is 10.2 Å². The zero-order valence-electron chi connectivity index (χ0n) is 11.3. The summed E-state index contributed by atoms with van der Waals surface area (Å²) in [6, 6.07) is 14.3. The number of halogens is 1. The van der Waals surface area contributed by atoms with Gasteiger partial charge in [0, 0.05) is 15.6 Å². The van der Waals surface area contributed by atoms with Crippen molar-refractivity contribution >= 4 is 26.0 Å². The van der Waals surface area contributed by atoms with Gasteiger partial charge in [0.1, 0.15) is 0 Å². The molecule has 0 saturated heterocycles. The van der Waals surface area contributed by atoms with Crippen LogP contribution < -0.4 is 5.14 Å². The molecule has 0 aliphatic carbocycles. The highest BCUT2D eigenvalue weighted by Gasteiger charge is 2.18. The Kier molecular flexibility index (Phi) is 3.86. The summed E-state index contributed by atoms with van der Waals surface area (Å²) in [4.78, 5) is 0.0672. The highest BCUT2D eigenvalue weighted by molar-refractivity contribution is 9.10. The van der Waals surface area contributed by atoms with Gasteiger partial charge in [0.05, 0.1) is 16.8 Å². The molecule has 0 atom stereocenters. The van der Waals surface area contributed by atoms with Gasteiger partial charge in [-0.1, -0.05) is 46.3 Å². The number of hydrogen-bond acceptors (Lipinski definition) is 3. The van der Waals surface area contributed by atoms with E-state index in [9.17, 15) is 8.42 Å². The maximum absolute atomic E-state index is 11.8. The molecule has 1 aromatic heterocycles. The molecule has 2 aromatic carbocycles. The highest BCUT2D eigenvalue weighted by Crippen LogP contribution is 2.33. The summed E-state index contributed by atoms with van der Waals surface area (Å²) < 4.78 is 24.5. The zero-order chi connectivity index (χ0) is 15.7. The maximum Gasteiger partial charge on any atom is 0.238 e. The number of benzene rings is 2. The molecule has 22 heavy (non-hydrogen) atoms. The number of nitrogens with one attached hydrogen (secondary N) is 1. The van der Waals surface area contributed by atoms with E-state index in [4.69, 9.17) is 5.14 Å². The minimum atomic E-state index is -3.82. The van der Waals surface area contributed by atoms with Crippen LogP contribution in [0.3, 0.4) is 0 Å². The molecule has 3 rings (SSSR count). The molecule has 0 saturated carbocycles. The summed E-state index contributed by atoms with van der Waals surface area (Å²) in [5.41, 5.74) is 2.85. The molecule has 0 radical (unpaired) electrons. The Bertz CT molecular complexity index is 918. The van der Waals surface area contributed by atoms with E-state index in [-0.39, 0.29) is 4.90 Å². The highest BCUT2D eigenvalue weighted by atomic mass is 79.9. The van der Waals surface area contributed by atoms with Crippen molar-refractivity contribution in [1.29, 1.82) is 0 Å². The number of H-pyrrole nitrogens is 1. The SMILES string of the molecule is NS(=O)(=O)c1ccccc1-c1[nH]ncc1-c1ccc(Br)cc1. The minimum absolute atomic E-state index is 0.0672. The molecule has 5 nitrogen and oxygen atoms in total. The fourth-order valence-corrected chi connectivity index (χ4v) is 3.27. The summed E-state index contributed by atoms with van der Waals surface area (Å²) in [6.07, 6.45) is 1.67. The Morgan fingerprint density at radius 3 is 2.36 bits per heavy atom. The third-order valence-electron chi connectivity index (χ3n) is 3.26. The first kappa shape index (κ1) is 15.0. The van der Waals surface area contributed by atoms with Crippen LogP contribution in [0.5, 0.6) is 0 Å². The summed E-state index contributed by atoms with van der Waals surface area (Å²) in [6.45, 7) is 0. The van der Waals surface area contributed by atoms with Crippen molar-refractivity contribution in [2.45, 2.75) is 4.90 Å². The standard InChI is InChI=1S/C15H12BrN3O2S/c16-11-7-5-10(6-8-11)13-9-18-19-15(13)12-3-1-2-4-14(12)22(17,20)21/h1-9H,(H,18,19)(H2,17,20,21). The van der Waals surface area contributed by atoms with Crippen molar-refractivity contribution in [3.8, 4) is 22.4 Å². The van der Waals surface area contributed by atoms with Gasteiger partial charge >= 0.3 is 0 Å². The van der Waals surface area contributed by atoms with Crippen LogP contribution in [-0.2, 0) is 10.0 Å². The predicted molar refractivity (Wildman–Crippen MR) is 88.5 cm³/mol. The normalized spacial score (nSPS) is 11.5. The number of nitrogens with zero attached hydrogens (tertiary/aromatic N) is 1. The Balaban J connectivity index is 2.20. The van der Waals surface area contributed by atoms with E-state index in [0.717, 1.165) is 15.6 Å². The maximum atomic E-state index is 11.8. The van der Waals surface area contributed by atoms with Gasteiger partial charge in [-0.2, -0.15) is 5.10 Å². The van der Waals surface area contributed by atoms with E-state index in [1.54, 1.807) is 24.4 Å². The number of aromatic nitrogens is 2. The molecular formula is C15H12BrN3O2S. The molecule has 0 fully saturated rings. The van der Waals surface area contributed by atoms with Crippen LogP contribution in [0, 0.1) is 0 Å². The van der Waals surface area contributed by atoms with E-state index < -0.39 is 10.0 Å². The van der Waals surface area contributed by atoms with E-state index in [2.05, 4.69) is 26.1 Å². The quantitative estimate of drug-likeness (QED) is 0.734. The molecule has 0 amide bonds. The number of sulfonamides is 1. The Morgan fingerprint density at radius 2 is 1.68 bits per heavy atom. The van der Waals surface area contributed by atoms with Gasteiger partial charge in [-0.15, -0.1) is 0 Å². The van der Waals surface area contributed by atoms with Crippen molar-refractivity contribution < 1.29 is 8.42 Å². The zero-order valence-corrected chi connectivity index (χ0v) is 13.7. The molecule has 0 aliphatic rings. The lowest BCUT2D eigenvalue weighted by Gasteiger charge is -2.08. The number of aromatic amines is 1. The fraction of sp³-hybridized carbons (Fsp3) is 0. The van der Waals surface area contributed by atoms with Crippen LogP contribution >= 0.6 is 15.9 Å². The molecular weight excluding hydrogens is 366 g/mol. The first-order valence-corrected chi connectivity index (χ1v) is 8.72. The van der Waals surface area contributed by atoms with Gasteiger partial charge in [0.15, 0.2) is 0 Å².